The highest BCUT2D eigenvalue weighted by Gasteiger charge is 2.46. The van der Waals surface area contributed by atoms with Crippen LogP contribution in [0.2, 0.25) is 0 Å². The highest BCUT2D eigenvalue weighted by Crippen LogP contribution is 2.45. The number of carboxylic acids is 1. The Morgan fingerprint density at radius 3 is 2.71 bits per heavy atom. The van der Waals surface area contributed by atoms with Crippen LogP contribution in [0.5, 0.6) is 0 Å². The first-order valence-electron chi connectivity index (χ1n) is 5.61. The molecule has 0 aliphatic heterocycles. The van der Waals surface area contributed by atoms with Crippen molar-refractivity contribution in [3.8, 4) is 0 Å². The maximum absolute atomic E-state index is 11.5. The van der Waals surface area contributed by atoms with Gasteiger partial charge in [0.15, 0.2) is 0 Å². The van der Waals surface area contributed by atoms with Crippen LogP contribution >= 0.6 is 15.9 Å². The minimum absolute atomic E-state index is 0.448. The molecular weight excluding hydrogens is 284 g/mol. The third-order valence-corrected chi connectivity index (χ3v) is 3.99. The predicted octanol–water partition coefficient (Wildman–Crippen LogP) is 3.10. The highest BCUT2D eigenvalue weighted by atomic mass is 79.9. The van der Waals surface area contributed by atoms with Crippen molar-refractivity contribution >= 4 is 21.9 Å². The summed E-state index contributed by atoms with van der Waals surface area (Å²) in [5.41, 5.74) is 1.18. The molecule has 1 aromatic rings. The fourth-order valence-corrected chi connectivity index (χ4v) is 2.84. The first-order chi connectivity index (χ1) is 8.10. The number of carbonyl (C=O) groups is 1. The molecular formula is C13H15BrO3. The molecule has 1 aromatic carbocycles. The number of carboxylic acid groups (broad SMARTS) is 1. The molecule has 0 spiro atoms. The number of aliphatic carboxylic acids is 1. The second kappa shape index (κ2) is 4.78. The van der Waals surface area contributed by atoms with Crippen LogP contribution in [0, 0.1) is 0 Å². The van der Waals surface area contributed by atoms with Crippen LogP contribution in [0.1, 0.15) is 30.4 Å². The molecule has 0 saturated heterocycles. The number of hydrogen-bond donors (Lipinski definition) is 1. The van der Waals surface area contributed by atoms with Crippen molar-refractivity contribution in [3.05, 3.63) is 33.8 Å². The summed E-state index contributed by atoms with van der Waals surface area (Å²) in [7, 11) is 1.62. The molecule has 1 aliphatic carbocycles. The van der Waals surface area contributed by atoms with Crippen molar-refractivity contribution in [3.63, 3.8) is 0 Å². The Morgan fingerprint density at radius 1 is 1.53 bits per heavy atom. The van der Waals surface area contributed by atoms with Gasteiger partial charge >= 0.3 is 5.97 Å². The summed E-state index contributed by atoms with van der Waals surface area (Å²) in [6.45, 7) is 0.448. The Balaban J connectivity index is 2.46. The molecule has 1 saturated carbocycles. The normalized spacial score (nSPS) is 17.5. The zero-order valence-corrected chi connectivity index (χ0v) is 11.3. The van der Waals surface area contributed by atoms with E-state index in [1.807, 2.05) is 18.2 Å². The second-order valence-corrected chi connectivity index (χ2v) is 5.39. The van der Waals surface area contributed by atoms with Gasteiger partial charge in [-0.3, -0.25) is 4.79 Å². The lowest BCUT2D eigenvalue weighted by Crippen LogP contribution is -2.43. The number of hydrogen-bond acceptors (Lipinski definition) is 2. The number of ether oxygens (including phenoxy) is 1. The largest absolute Gasteiger partial charge is 0.481 e. The van der Waals surface area contributed by atoms with E-state index in [1.54, 1.807) is 7.11 Å². The van der Waals surface area contributed by atoms with Crippen molar-refractivity contribution in [2.24, 2.45) is 0 Å². The molecule has 0 heterocycles. The quantitative estimate of drug-likeness (QED) is 0.929. The van der Waals surface area contributed by atoms with Gasteiger partial charge in [0.2, 0.25) is 0 Å². The average molecular weight is 299 g/mol. The van der Waals surface area contributed by atoms with Crippen molar-refractivity contribution in [2.45, 2.75) is 31.3 Å². The number of rotatable bonds is 4. The van der Waals surface area contributed by atoms with Crippen LogP contribution in [0.15, 0.2) is 22.7 Å². The third-order valence-electron chi connectivity index (χ3n) is 3.50. The highest BCUT2D eigenvalue weighted by molar-refractivity contribution is 9.10. The predicted molar refractivity (Wildman–Crippen MR) is 68.0 cm³/mol. The van der Waals surface area contributed by atoms with E-state index in [4.69, 9.17) is 4.74 Å². The van der Waals surface area contributed by atoms with Gasteiger partial charge in [-0.15, -0.1) is 0 Å². The standard InChI is InChI=1S/C13H15BrO3/c1-17-8-9-7-10(14)3-4-11(9)13(12(15)16)5-2-6-13/h3-4,7H,2,5-6,8H2,1H3,(H,15,16). The number of benzene rings is 1. The molecule has 0 unspecified atom stereocenters. The average Bonchev–Trinajstić information content (AvgIpc) is 2.19. The first kappa shape index (κ1) is 12.6. The van der Waals surface area contributed by atoms with Gasteiger partial charge in [0.05, 0.1) is 12.0 Å². The van der Waals surface area contributed by atoms with Crippen LogP contribution in [0.25, 0.3) is 0 Å². The Bertz CT molecular complexity index is 438. The van der Waals surface area contributed by atoms with Gasteiger partial charge in [-0.1, -0.05) is 28.4 Å². The molecule has 4 heteroatoms. The van der Waals surface area contributed by atoms with Crippen LogP contribution in [0.4, 0.5) is 0 Å². The molecule has 0 radical (unpaired) electrons. The van der Waals surface area contributed by atoms with Gasteiger partial charge in [0.25, 0.3) is 0 Å². The maximum atomic E-state index is 11.5. The van der Waals surface area contributed by atoms with Crippen molar-refractivity contribution in [1.29, 1.82) is 0 Å². The van der Waals surface area contributed by atoms with E-state index >= 15 is 0 Å². The molecule has 0 aromatic heterocycles. The van der Waals surface area contributed by atoms with E-state index in [0.29, 0.717) is 6.61 Å². The van der Waals surface area contributed by atoms with E-state index < -0.39 is 11.4 Å². The Hall–Kier alpha value is -0.870. The van der Waals surface area contributed by atoms with Crippen molar-refractivity contribution in [2.75, 3.05) is 7.11 Å². The molecule has 0 amide bonds. The molecule has 17 heavy (non-hydrogen) atoms. The maximum Gasteiger partial charge on any atom is 0.314 e. The van der Waals surface area contributed by atoms with E-state index in [1.165, 1.54) is 0 Å². The summed E-state index contributed by atoms with van der Waals surface area (Å²) < 4.78 is 6.11. The topological polar surface area (TPSA) is 46.5 Å². The van der Waals surface area contributed by atoms with Crippen molar-refractivity contribution in [1.82, 2.24) is 0 Å². The second-order valence-electron chi connectivity index (χ2n) is 4.48. The van der Waals surface area contributed by atoms with Gasteiger partial charge in [0, 0.05) is 11.6 Å². The lowest BCUT2D eigenvalue weighted by atomic mass is 9.63. The molecule has 1 aliphatic rings. The van der Waals surface area contributed by atoms with E-state index in [-0.39, 0.29) is 0 Å². The first-order valence-corrected chi connectivity index (χ1v) is 6.41. The van der Waals surface area contributed by atoms with Gasteiger partial charge < -0.3 is 9.84 Å². The van der Waals surface area contributed by atoms with Crippen LogP contribution in [-0.2, 0) is 21.6 Å². The minimum Gasteiger partial charge on any atom is -0.481 e. The Morgan fingerprint density at radius 2 is 2.24 bits per heavy atom. The summed E-state index contributed by atoms with van der Waals surface area (Å²) in [5, 5.41) is 9.45. The summed E-state index contributed by atoms with van der Waals surface area (Å²) in [6.07, 6.45) is 2.43. The van der Waals surface area contributed by atoms with E-state index in [2.05, 4.69) is 15.9 Å². The van der Waals surface area contributed by atoms with Gasteiger partial charge in [-0.05, 0) is 36.1 Å². The molecule has 0 bridgehead atoms. The molecule has 3 nitrogen and oxygen atoms in total. The smallest absolute Gasteiger partial charge is 0.314 e. The lowest BCUT2D eigenvalue weighted by molar-refractivity contribution is -0.147. The van der Waals surface area contributed by atoms with Gasteiger partial charge in [-0.2, -0.15) is 0 Å². The zero-order chi connectivity index (χ0) is 12.5. The fraction of sp³-hybridized carbons (Fsp3) is 0.462. The minimum atomic E-state index is -0.719. The monoisotopic (exact) mass is 298 g/mol. The summed E-state index contributed by atoms with van der Waals surface area (Å²) in [6, 6.07) is 5.76. The van der Waals surface area contributed by atoms with Gasteiger partial charge in [0.1, 0.15) is 0 Å². The van der Waals surface area contributed by atoms with Gasteiger partial charge in [-0.25, -0.2) is 0 Å². The number of halogens is 1. The van der Waals surface area contributed by atoms with Crippen molar-refractivity contribution < 1.29 is 14.6 Å². The summed E-state index contributed by atoms with van der Waals surface area (Å²) >= 11 is 3.41. The summed E-state index contributed by atoms with van der Waals surface area (Å²) in [4.78, 5) is 11.5. The van der Waals surface area contributed by atoms with Crippen LogP contribution < -0.4 is 0 Å². The fourth-order valence-electron chi connectivity index (χ4n) is 2.43. The molecule has 92 valence electrons. The van der Waals surface area contributed by atoms with E-state index in [9.17, 15) is 9.90 Å². The van der Waals surface area contributed by atoms with E-state index in [0.717, 1.165) is 34.9 Å². The zero-order valence-electron chi connectivity index (χ0n) is 9.70. The molecule has 2 rings (SSSR count). The Kier molecular flexibility index (Phi) is 3.54. The summed E-state index contributed by atoms with van der Waals surface area (Å²) in [5.74, 6) is -0.719. The SMILES string of the molecule is COCc1cc(Br)ccc1C1(C(=O)O)CCC1. The molecule has 1 N–H and O–H groups in total. The van der Waals surface area contributed by atoms with Crippen LogP contribution in [0.3, 0.4) is 0 Å². The number of methoxy groups -OCH3 is 1. The van der Waals surface area contributed by atoms with Crippen LogP contribution in [-0.4, -0.2) is 18.2 Å². The third kappa shape index (κ3) is 2.11. The molecule has 1 fully saturated rings. The Labute approximate surface area is 109 Å². The molecule has 0 atom stereocenters. The lowest BCUT2D eigenvalue weighted by Gasteiger charge is -2.39.